The molecule has 0 saturated heterocycles. The van der Waals surface area contributed by atoms with Gasteiger partial charge in [0.2, 0.25) is 0 Å². The number of anilines is 1. The quantitative estimate of drug-likeness (QED) is 0.519. The van der Waals surface area contributed by atoms with Crippen molar-refractivity contribution in [3.8, 4) is 0 Å². The number of nitrogens with zero attached hydrogens (tertiary/aromatic N) is 2. The summed E-state index contributed by atoms with van der Waals surface area (Å²) in [5.74, 6) is 0.714. The molecule has 0 amide bonds. The number of rotatable bonds is 2. The lowest BCUT2D eigenvalue weighted by molar-refractivity contribution is 0.570. The molecule has 1 atom stereocenters. The Labute approximate surface area is 59.5 Å². The van der Waals surface area contributed by atoms with E-state index in [9.17, 15) is 4.21 Å². The molecule has 0 aliphatic carbocycles. The van der Waals surface area contributed by atoms with Crippen LogP contribution in [0.3, 0.4) is 0 Å². The number of hydrogen-bond acceptors (Lipinski definition) is 3. The van der Waals surface area contributed by atoms with E-state index in [1.54, 1.807) is 6.92 Å². The second-order valence-corrected chi connectivity index (χ2v) is 2.30. The van der Waals surface area contributed by atoms with Gasteiger partial charge in [-0.15, -0.1) is 5.10 Å². The summed E-state index contributed by atoms with van der Waals surface area (Å²) in [7, 11) is 0. The Balaban J connectivity index is 2.67. The predicted octanol–water partition coefficient (Wildman–Crippen LogP) is -0.338. The van der Waals surface area contributed by atoms with Crippen molar-refractivity contribution in [3.63, 3.8) is 0 Å². The van der Waals surface area contributed by atoms with Crippen LogP contribution in [-0.2, 0) is 11.3 Å². The van der Waals surface area contributed by atoms with Crippen molar-refractivity contribution in [1.82, 2.24) is 15.2 Å². The number of aromatic nitrogens is 3. The van der Waals surface area contributed by atoms with E-state index in [1.807, 2.05) is 0 Å². The van der Waals surface area contributed by atoms with E-state index in [2.05, 4.69) is 19.9 Å². The molecule has 1 unspecified atom stereocenters. The minimum atomic E-state index is -2.10. The molecule has 0 saturated carbocycles. The Morgan fingerprint density at radius 3 is 2.90 bits per heavy atom. The summed E-state index contributed by atoms with van der Waals surface area (Å²) in [4.78, 5) is 3.72. The minimum absolute atomic E-state index is 0.123. The van der Waals surface area contributed by atoms with Crippen molar-refractivity contribution < 1.29 is 8.76 Å². The fraction of sp³-hybridized carbons (Fsp3) is 0.333. The van der Waals surface area contributed by atoms with Crippen LogP contribution in [0, 0.1) is 6.92 Å². The Bertz CT molecular complexity index is 246. The molecule has 0 fully saturated rings. The standard InChI is InChI=1S/C3H6N4O2S/c1-2-4-3(6-5-2)7-10(8)9/h1H3,(H,8,9)(H2,4,5,6,7). The van der Waals surface area contributed by atoms with E-state index >= 15 is 0 Å². The highest BCUT2D eigenvalue weighted by molar-refractivity contribution is 7.80. The molecule has 1 rings (SSSR count). The van der Waals surface area contributed by atoms with E-state index in [1.165, 1.54) is 0 Å². The maximum Gasteiger partial charge on any atom is 0.261 e. The van der Waals surface area contributed by atoms with Crippen LogP contribution in [0.5, 0.6) is 0 Å². The van der Waals surface area contributed by atoms with Crippen LogP contribution in [-0.4, -0.2) is 23.9 Å². The maximum absolute atomic E-state index is 10.1. The largest absolute Gasteiger partial charge is 0.289 e. The molecular weight excluding hydrogens is 156 g/mol. The molecule has 7 heteroatoms. The maximum atomic E-state index is 10.1. The molecule has 10 heavy (non-hydrogen) atoms. The highest BCUT2D eigenvalue weighted by Crippen LogP contribution is 1.95. The zero-order valence-corrected chi connectivity index (χ0v) is 5.97. The van der Waals surface area contributed by atoms with Gasteiger partial charge in [0.15, 0.2) is 0 Å². The first-order valence-electron chi connectivity index (χ1n) is 2.45. The van der Waals surface area contributed by atoms with Crippen LogP contribution >= 0.6 is 0 Å². The van der Waals surface area contributed by atoms with Crippen LogP contribution in [0.2, 0.25) is 0 Å². The second-order valence-electron chi connectivity index (χ2n) is 1.60. The topological polar surface area (TPSA) is 90.9 Å². The summed E-state index contributed by atoms with van der Waals surface area (Å²) in [6.45, 7) is 1.69. The zero-order chi connectivity index (χ0) is 7.56. The molecule has 0 aliphatic heterocycles. The summed E-state index contributed by atoms with van der Waals surface area (Å²) in [6.07, 6.45) is 0. The zero-order valence-electron chi connectivity index (χ0n) is 5.16. The van der Waals surface area contributed by atoms with Crippen LogP contribution in [0.1, 0.15) is 5.82 Å². The number of aromatic amines is 1. The molecule has 0 bridgehead atoms. The van der Waals surface area contributed by atoms with Crippen molar-refractivity contribution in [3.05, 3.63) is 5.82 Å². The third kappa shape index (κ3) is 1.78. The summed E-state index contributed by atoms with van der Waals surface area (Å²) < 4.78 is 20.5. The fourth-order valence-electron chi connectivity index (χ4n) is 0.466. The van der Waals surface area contributed by atoms with Gasteiger partial charge in [-0.1, -0.05) is 0 Å². The molecule has 6 nitrogen and oxygen atoms in total. The molecule has 56 valence electrons. The first-order valence-corrected chi connectivity index (χ1v) is 3.55. The van der Waals surface area contributed by atoms with Crippen LogP contribution in [0.4, 0.5) is 5.95 Å². The Kier molecular flexibility index (Phi) is 1.97. The molecule has 0 spiro atoms. The van der Waals surface area contributed by atoms with Crippen LogP contribution in [0.25, 0.3) is 0 Å². The van der Waals surface area contributed by atoms with E-state index < -0.39 is 11.3 Å². The monoisotopic (exact) mass is 162 g/mol. The summed E-state index contributed by atoms with van der Waals surface area (Å²) in [6, 6.07) is 0. The molecular formula is C3H6N4O2S. The van der Waals surface area contributed by atoms with Gasteiger partial charge < -0.3 is 0 Å². The number of hydrogen-bond donors (Lipinski definition) is 3. The SMILES string of the molecule is Cc1nc(NS(=O)O)n[nH]1. The van der Waals surface area contributed by atoms with Gasteiger partial charge in [0.25, 0.3) is 17.2 Å². The normalized spacial score (nSPS) is 13.0. The van der Waals surface area contributed by atoms with Gasteiger partial charge in [0, 0.05) is 0 Å². The van der Waals surface area contributed by atoms with Crippen molar-refractivity contribution in [1.29, 1.82) is 0 Å². The lowest BCUT2D eigenvalue weighted by atomic mass is 10.8. The van der Waals surface area contributed by atoms with E-state index in [0.29, 0.717) is 5.82 Å². The highest BCUT2D eigenvalue weighted by Gasteiger charge is 1.99. The van der Waals surface area contributed by atoms with Gasteiger partial charge in [-0.3, -0.25) is 9.65 Å². The number of nitrogens with one attached hydrogen (secondary N) is 2. The number of H-pyrrole nitrogens is 1. The smallest absolute Gasteiger partial charge is 0.261 e. The average molecular weight is 162 g/mol. The third-order valence-corrected chi connectivity index (χ3v) is 1.13. The van der Waals surface area contributed by atoms with Crippen molar-refractivity contribution in [2.24, 2.45) is 0 Å². The van der Waals surface area contributed by atoms with E-state index in [4.69, 9.17) is 4.55 Å². The first kappa shape index (κ1) is 7.16. The molecule has 0 aliphatic rings. The van der Waals surface area contributed by atoms with Gasteiger partial charge >= 0.3 is 0 Å². The lowest BCUT2D eigenvalue weighted by Gasteiger charge is -1.89. The van der Waals surface area contributed by atoms with Gasteiger partial charge in [0.05, 0.1) is 0 Å². The summed E-state index contributed by atoms with van der Waals surface area (Å²) in [5.41, 5.74) is 0. The number of aryl methyl sites for hydroxylation is 1. The minimum Gasteiger partial charge on any atom is -0.289 e. The highest BCUT2D eigenvalue weighted by atomic mass is 32.2. The molecule has 3 N–H and O–H groups in total. The molecule has 1 heterocycles. The Hall–Kier alpha value is -0.950. The summed E-state index contributed by atoms with van der Waals surface area (Å²) >= 11 is -2.10. The van der Waals surface area contributed by atoms with E-state index in [0.717, 1.165) is 0 Å². The van der Waals surface area contributed by atoms with Gasteiger partial charge in [-0.25, -0.2) is 8.93 Å². The van der Waals surface area contributed by atoms with Crippen LogP contribution in [0.15, 0.2) is 0 Å². The lowest BCUT2D eigenvalue weighted by Crippen LogP contribution is -2.03. The first-order chi connectivity index (χ1) is 4.68. The summed E-state index contributed by atoms with van der Waals surface area (Å²) in [5, 5.41) is 6.06. The predicted molar refractivity (Wildman–Crippen MR) is 35.5 cm³/mol. The van der Waals surface area contributed by atoms with Gasteiger partial charge in [-0.2, -0.15) is 4.98 Å². The van der Waals surface area contributed by atoms with E-state index in [-0.39, 0.29) is 5.95 Å². The molecule has 1 aromatic rings. The van der Waals surface area contributed by atoms with Crippen molar-refractivity contribution in [2.45, 2.75) is 6.92 Å². The van der Waals surface area contributed by atoms with Gasteiger partial charge in [0.1, 0.15) is 5.82 Å². The molecule has 0 aromatic carbocycles. The third-order valence-electron chi connectivity index (χ3n) is 0.776. The second kappa shape index (κ2) is 2.76. The van der Waals surface area contributed by atoms with Crippen molar-refractivity contribution >= 4 is 17.2 Å². The average Bonchev–Trinajstić information content (AvgIpc) is 2.13. The Morgan fingerprint density at radius 1 is 1.80 bits per heavy atom. The van der Waals surface area contributed by atoms with Crippen LogP contribution < -0.4 is 4.72 Å². The van der Waals surface area contributed by atoms with Crippen molar-refractivity contribution in [2.75, 3.05) is 4.72 Å². The van der Waals surface area contributed by atoms with Gasteiger partial charge in [-0.05, 0) is 6.92 Å². The molecule has 0 radical (unpaired) electrons. The fourth-order valence-corrected chi connectivity index (χ4v) is 0.714. The molecule has 1 aromatic heterocycles. The Morgan fingerprint density at radius 2 is 2.50 bits per heavy atom.